The zero-order chi connectivity index (χ0) is 24.5. The number of anilines is 2. The highest BCUT2D eigenvalue weighted by Gasteiger charge is 2.14. The molecule has 0 atom stereocenters. The lowest BCUT2D eigenvalue weighted by molar-refractivity contribution is -0.114. The van der Waals surface area contributed by atoms with E-state index < -0.39 is 12.5 Å². The molecule has 0 aliphatic heterocycles. The Labute approximate surface area is 196 Å². The molecule has 0 radical (unpaired) electrons. The Balaban J connectivity index is 1.60. The summed E-state index contributed by atoms with van der Waals surface area (Å²) in [4.78, 5) is 25.2. The van der Waals surface area contributed by atoms with E-state index in [0.29, 0.717) is 23.5 Å². The molecule has 3 aromatic rings. The molecule has 0 aromatic heterocycles. The minimum absolute atomic E-state index is 0.140. The van der Waals surface area contributed by atoms with Crippen LogP contribution in [0.3, 0.4) is 0 Å². The van der Waals surface area contributed by atoms with E-state index in [2.05, 4.69) is 20.7 Å². The predicted octanol–water partition coefficient (Wildman–Crippen LogP) is 4.59. The van der Waals surface area contributed by atoms with E-state index in [4.69, 9.17) is 4.74 Å². The molecule has 0 aliphatic rings. The number of halogens is 2. The first-order valence-corrected chi connectivity index (χ1v) is 10.4. The van der Waals surface area contributed by atoms with E-state index in [9.17, 15) is 18.4 Å². The molecular weight excluding hydrogens is 444 g/mol. The van der Waals surface area contributed by atoms with Crippen molar-refractivity contribution in [3.05, 3.63) is 83.4 Å². The van der Waals surface area contributed by atoms with Gasteiger partial charge < -0.3 is 25.4 Å². The number of aryl methyl sites for hydroxylation is 1. The minimum Gasteiger partial charge on any atom is -0.493 e. The van der Waals surface area contributed by atoms with Crippen molar-refractivity contribution in [1.82, 2.24) is 5.32 Å². The highest BCUT2D eigenvalue weighted by Crippen LogP contribution is 2.31. The molecule has 178 valence electrons. The predicted molar refractivity (Wildman–Crippen MR) is 126 cm³/mol. The Hall–Kier alpha value is -4.14. The van der Waals surface area contributed by atoms with Gasteiger partial charge in [0.1, 0.15) is 0 Å². The van der Waals surface area contributed by atoms with Gasteiger partial charge in [0.2, 0.25) is 5.91 Å². The monoisotopic (exact) mass is 469 g/mol. The topological polar surface area (TPSA) is 88.7 Å². The molecule has 0 saturated heterocycles. The van der Waals surface area contributed by atoms with Gasteiger partial charge in [-0.3, -0.25) is 9.59 Å². The van der Waals surface area contributed by atoms with E-state index in [1.807, 2.05) is 31.2 Å². The standard InChI is InChI=1S/C25H25F2N3O4/c1-16-7-9-17(10-8-16)14-29-24(32)19-5-3-4-6-20(19)30-23(31)15-28-18-11-12-21(33-2)22(13-18)34-25(26)27/h3-13,25,28H,14-15H2,1-2H3,(H,29,32)(H,30,31). The van der Waals surface area contributed by atoms with Gasteiger partial charge in [-0.05, 0) is 36.8 Å². The number of benzene rings is 3. The molecule has 0 spiro atoms. The van der Waals surface area contributed by atoms with E-state index >= 15 is 0 Å². The lowest BCUT2D eigenvalue weighted by atomic mass is 10.1. The van der Waals surface area contributed by atoms with E-state index in [1.165, 1.54) is 19.2 Å². The van der Waals surface area contributed by atoms with Crippen LogP contribution in [0.2, 0.25) is 0 Å². The van der Waals surface area contributed by atoms with Crippen molar-refractivity contribution < 1.29 is 27.8 Å². The summed E-state index contributed by atoms with van der Waals surface area (Å²) in [6.45, 7) is -0.842. The first kappa shape index (κ1) is 24.5. The molecule has 2 amide bonds. The fourth-order valence-corrected chi connectivity index (χ4v) is 3.13. The zero-order valence-corrected chi connectivity index (χ0v) is 18.7. The van der Waals surface area contributed by atoms with Crippen LogP contribution in [0, 0.1) is 6.92 Å². The second-order valence-electron chi connectivity index (χ2n) is 7.36. The molecule has 3 N–H and O–H groups in total. The number of alkyl halides is 2. The van der Waals surface area contributed by atoms with Crippen LogP contribution in [0.4, 0.5) is 20.2 Å². The lowest BCUT2D eigenvalue weighted by Gasteiger charge is -2.14. The van der Waals surface area contributed by atoms with Crippen molar-refractivity contribution in [2.45, 2.75) is 20.1 Å². The summed E-state index contributed by atoms with van der Waals surface area (Å²) in [6.07, 6.45) is 0. The Morgan fingerprint density at radius 1 is 0.971 bits per heavy atom. The minimum atomic E-state index is -3.01. The largest absolute Gasteiger partial charge is 0.493 e. The van der Waals surface area contributed by atoms with Crippen LogP contribution in [0.25, 0.3) is 0 Å². The number of nitrogens with one attached hydrogen (secondary N) is 3. The average molecular weight is 469 g/mol. The first-order valence-electron chi connectivity index (χ1n) is 10.4. The molecule has 0 heterocycles. The summed E-state index contributed by atoms with van der Waals surface area (Å²) < 4.78 is 34.6. The molecule has 34 heavy (non-hydrogen) atoms. The van der Waals surface area contributed by atoms with Crippen molar-refractivity contribution in [3.63, 3.8) is 0 Å². The second kappa shape index (κ2) is 11.6. The summed E-state index contributed by atoms with van der Waals surface area (Å²) in [7, 11) is 1.34. The Morgan fingerprint density at radius 2 is 1.71 bits per heavy atom. The van der Waals surface area contributed by atoms with E-state index in [1.54, 1.807) is 30.3 Å². The maximum Gasteiger partial charge on any atom is 0.387 e. The van der Waals surface area contributed by atoms with Crippen LogP contribution in [0.15, 0.2) is 66.7 Å². The Kier molecular flexibility index (Phi) is 8.39. The summed E-state index contributed by atoms with van der Waals surface area (Å²) in [5.74, 6) is -0.765. The van der Waals surface area contributed by atoms with Gasteiger partial charge in [0.25, 0.3) is 5.91 Å². The molecular formula is C25H25F2N3O4. The van der Waals surface area contributed by atoms with Gasteiger partial charge in [0.15, 0.2) is 11.5 Å². The van der Waals surface area contributed by atoms with Gasteiger partial charge in [-0.15, -0.1) is 0 Å². The summed E-state index contributed by atoms with van der Waals surface area (Å²) in [5, 5.41) is 8.38. The van der Waals surface area contributed by atoms with Crippen LogP contribution in [0.1, 0.15) is 21.5 Å². The molecule has 0 unspecified atom stereocenters. The Bertz CT molecular complexity index is 1140. The van der Waals surface area contributed by atoms with Crippen molar-refractivity contribution in [2.75, 3.05) is 24.3 Å². The lowest BCUT2D eigenvalue weighted by Crippen LogP contribution is -2.26. The molecule has 3 aromatic carbocycles. The SMILES string of the molecule is COc1ccc(NCC(=O)Nc2ccccc2C(=O)NCc2ccc(C)cc2)cc1OC(F)F. The number of methoxy groups -OCH3 is 1. The van der Waals surface area contributed by atoms with Crippen molar-refractivity contribution in [3.8, 4) is 11.5 Å². The van der Waals surface area contributed by atoms with Gasteiger partial charge in [-0.2, -0.15) is 8.78 Å². The van der Waals surface area contributed by atoms with Gasteiger partial charge in [0, 0.05) is 18.3 Å². The van der Waals surface area contributed by atoms with Gasteiger partial charge >= 0.3 is 6.61 Å². The highest BCUT2D eigenvalue weighted by molar-refractivity contribution is 6.04. The van der Waals surface area contributed by atoms with E-state index in [-0.39, 0.29) is 24.0 Å². The second-order valence-corrected chi connectivity index (χ2v) is 7.36. The number of carbonyl (C=O) groups is 2. The highest BCUT2D eigenvalue weighted by atomic mass is 19.3. The van der Waals surface area contributed by atoms with Crippen molar-refractivity contribution in [2.24, 2.45) is 0 Å². The molecule has 0 fully saturated rings. The average Bonchev–Trinajstić information content (AvgIpc) is 2.82. The molecule has 7 nitrogen and oxygen atoms in total. The number of para-hydroxylation sites is 1. The Morgan fingerprint density at radius 3 is 2.41 bits per heavy atom. The van der Waals surface area contributed by atoms with Crippen molar-refractivity contribution >= 4 is 23.2 Å². The first-order chi connectivity index (χ1) is 16.4. The van der Waals surface area contributed by atoms with Crippen LogP contribution in [-0.4, -0.2) is 32.1 Å². The summed E-state index contributed by atoms with van der Waals surface area (Å²) in [5.41, 5.74) is 3.14. The van der Waals surface area contributed by atoms with Crippen LogP contribution < -0.4 is 25.4 Å². The number of carbonyl (C=O) groups excluding carboxylic acids is 2. The number of hydrogen-bond acceptors (Lipinski definition) is 5. The fraction of sp³-hybridized carbons (Fsp3) is 0.200. The quantitative estimate of drug-likeness (QED) is 0.404. The molecule has 0 aliphatic carbocycles. The fourth-order valence-electron chi connectivity index (χ4n) is 3.13. The molecule has 3 rings (SSSR count). The number of rotatable bonds is 10. The maximum absolute atomic E-state index is 12.7. The van der Waals surface area contributed by atoms with Crippen LogP contribution in [-0.2, 0) is 11.3 Å². The summed E-state index contributed by atoms with van der Waals surface area (Å²) >= 11 is 0. The van der Waals surface area contributed by atoms with E-state index in [0.717, 1.165) is 11.1 Å². The maximum atomic E-state index is 12.7. The van der Waals surface area contributed by atoms with Gasteiger partial charge in [-0.1, -0.05) is 42.0 Å². The molecule has 9 heteroatoms. The number of amides is 2. The van der Waals surface area contributed by atoms with Crippen LogP contribution in [0.5, 0.6) is 11.5 Å². The number of ether oxygens (including phenoxy) is 2. The third-order valence-electron chi connectivity index (χ3n) is 4.85. The number of hydrogen-bond donors (Lipinski definition) is 3. The summed E-state index contributed by atoms with van der Waals surface area (Å²) in [6, 6.07) is 18.8. The van der Waals surface area contributed by atoms with Gasteiger partial charge in [-0.25, -0.2) is 0 Å². The third-order valence-corrected chi connectivity index (χ3v) is 4.85. The smallest absolute Gasteiger partial charge is 0.387 e. The van der Waals surface area contributed by atoms with Crippen molar-refractivity contribution in [1.29, 1.82) is 0 Å². The molecule has 0 saturated carbocycles. The normalized spacial score (nSPS) is 10.5. The molecule has 0 bridgehead atoms. The third kappa shape index (κ3) is 6.93. The van der Waals surface area contributed by atoms with Crippen LogP contribution >= 0.6 is 0 Å². The zero-order valence-electron chi connectivity index (χ0n) is 18.7. The van der Waals surface area contributed by atoms with Gasteiger partial charge in [0.05, 0.1) is 24.9 Å².